The van der Waals surface area contributed by atoms with Gasteiger partial charge in [0.25, 0.3) is 0 Å². The van der Waals surface area contributed by atoms with E-state index in [0.29, 0.717) is 17.7 Å². The summed E-state index contributed by atoms with van der Waals surface area (Å²) in [5.74, 6) is -0.501. The fraction of sp³-hybridized carbons (Fsp3) is 0.235. The summed E-state index contributed by atoms with van der Waals surface area (Å²) in [5, 5.41) is 2.79. The van der Waals surface area contributed by atoms with Gasteiger partial charge in [0.1, 0.15) is 0 Å². The third kappa shape index (κ3) is 4.70. The van der Waals surface area contributed by atoms with Gasteiger partial charge < -0.3 is 10.1 Å². The fourth-order valence-corrected chi connectivity index (χ4v) is 2.06. The summed E-state index contributed by atoms with van der Waals surface area (Å²) in [4.78, 5) is 27.4. The minimum Gasteiger partial charge on any atom is -0.465 e. The van der Waals surface area contributed by atoms with Crippen molar-refractivity contribution in [3.8, 4) is 0 Å². The number of aromatic nitrogens is 1. The Labute approximate surface area is 129 Å². The Morgan fingerprint density at radius 1 is 1.23 bits per heavy atom. The molecule has 0 bridgehead atoms. The number of ether oxygens (including phenoxy) is 1. The van der Waals surface area contributed by atoms with Crippen LogP contribution in [0, 0.1) is 0 Å². The number of anilines is 1. The van der Waals surface area contributed by atoms with E-state index in [4.69, 9.17) is 0 Å². The average molecular weight is 298 g/mol. The number of benzene rings is 1. The van der Waals surface area contributed by atoms with Crippen LogP contribution in [0.15, 0.2) is 48.8 Å². The zero-order valence-corrected chi connectivity index (χ0v) is 12.4. The number of carbonyl (C=O) groups excluding carboxylic acids is 2. The van der Waals surface area contributed by atoms with Crippen molar-refractivity contribution in [2.75, 3.05) is 12.4 Å². The normalized spacial score (nSPS) is 10.0. The van der Waals surface area contributed by atoms with Gasteiger partial charge in [-0.15, -0.1) is 0 Å². The monoisotopic (exact) mass is 298 g/mol. The van der Waals surface area contributed by atoms with Crippen LogP contribution in [0.4, 0.5) is 5.69 Å². The van der Waals surface area contributed by atoms with Crippen molar-refractivity contribution >= 4 is 17.6 Å². The van der Waals surface area contributed by atoms with Gasteiger partial charge in [0.2, 0.25) is 5.91 Å². The summed E-state index contributed by atoms with van der Waals surface area (Å²) in [7, 11) is 1.33. The largest absolute Gasteiger partial charge is 0.465 e. The Bertz CT molecular complexity index is 641. The van der Waals surface area contributed by atoms with Crippen molar-refractivity contribution in [3.63, 3.8) is 0 Å². The molecule has 1 heterocycles. The molecule has 1 aromatic carbocycles. The lowest BCUT2D eigenvalue weighted by Crippen LogP contribution is -2.12. The SMILES string of the molecule is COC(=O)c1cccc(NC(=O)CCCc2cccnc2)c1. The second-order valence-electron chi connectivity index (χ2n) is 4.84. The lowest BCUT2D eigenvalue weighted by Gasteiger charge is -2.07. The van der Waals surface area contributed by atoms with Gasteiger partial charge in [-0.05, 0) is 42.7 Å². The number of esters is 1. The highest BCUT2D eigenvalue weighted by Crippen LogP contribution is 2.12. The fourth-order valence-electron chi connectivity index (χ4n) is 2.06. The van der Waals surface area contributed by atoms with Crippen molar-refractivity contribution in [1.82, 2.24) is 4.98 Å². The number of nitrogens with one attached hydrogen (secondary N) is 1. The Hall–Kier alpha value is -2.69. The highest BCUT2D eigenvalue weighted by molar-refractivity contribution is 5.94. The molecule has 0 saturated heterocycles. The first-order valence-corrected chi connectivity index (χ1v) is 7.06. The molecule has 114 valence electrons. The van der Waals surface area contributed by atoms with E-state index in [-0.39, 0.29) is 5.91 Å². The number of amides is 1. The first kappa shape index (κ1) is 15.7. The molecule has 0 aliphatic rings. The van der Waals surface area contributed by atoms with Gasteiger partial charge in [0.15, 0.2) is 0 Å². The Morgan fingerprint density at radius 3 is 2.82 bits per heavy atom. The van der Waals surface area contributed by atoms with Crippen LogP contribution in [0.3, 0.4) is 0 Å². The summed E-state index contributed by atoms with van der Waals surface area (Å²) in [6.07, 6.45) is 5.50. The predicted octanol–water partition coefficient (Wildman–Crippen LogP) is 2.83. The molecule has 2 aromatic rings. The van der Waals surface area contributed by atoms with Gasteiger partial charge in [0, 0.05) is 24.5 Å². The molecule has 2 rings (SSSR count). The zero-order valence-electron chi connectivity index (χ0n) is 12.4. The molecule has 0 radical (unpaired) electrons. The van der Waals surface area contributed by atoms with Gasteiger partial charge in [-0.3, -0.25) is 9.78 Å². The van der Waals surface area contributed by atoms with Crippen molar-refractivity contribution in [3.05, 3.63) is 59.9 Å². The number of rotatable bonds is 6. The molecule has 0 aliphatic heterocycles. The smallest absolute Gasteiger partial charge is 0.337 e. The maximum Gasteiger partial charge on any atom is 0.337 e. The van der Waals surface area contributed by atoms with E-state index in [1.165, 1.54) is 7.11 Å². The van der Waals surface area contributed by atoms with Crippen molar-refractivity contribution in [2.24, 2.45) is 0 Å². The highest BCUT2D eigenvalue weighted by Gasteiger charge is 2.07. The molecular weight excluding hydrogens is 280 g/mol. The molecule has 22 heavy (non-hydrogen) atoms. The van der Waals surface area contributed by atoms with Gasteiger partial charge in [0.05, 0.1) is 12.7 Å². The molecule has 5 nitrogen and oxygen atoms in total. The van der Waals surface area contributed by atoms with E-state index in [0.717, 1.165) is 18.4 Å². The topological polar surface area (TPSA) is 68.3 Å². The molecule has 0 fully saturated rings. The number of carbonyl (C=O) groups is 2. The number of hydrogen-bond acceptors (Lipinski definition) is 4. The maximum atomic E-state index is 11.9. The van der Waals surface area contributed by atoms with Crippen LogP contribution in [0.5, 0.6) is 0 Å². The van der Waals surface area contributed by atoms with Crippen LogP contribution in [-0.2, 0) is 16.0 Å². The predicted molar refractivity (Wildman–Crippen MR) is 83.6 cm³/mol. The van der Waals surface area contributed by atoms with Crippen LogP contribution in [0.25, 0.3) is 0 Å². The third-order valence-corrected chi connectivity index (χ3v) is 3.16. The standard InChI is InChI=1S/C17H18N2O3/c1-22-17(21)14-7-3-8-15(11-14)19-16(20)9-2-5-13-6-4-10-18-12-13/h3-4,6-8,10-12H,2,5,9H2,1H3,(H,19,20). The Kier molecular flexibility index (Phi) is 5.65. The summed E-state index contributed by atoms with van der Waals surface area (Å²) >= 11 is 0. The average Bonchev–Trinajstić information content (AvgIpc) is 2.55. The van der Waals surface area contributed by atoms with E-state index in [1.54, 1.807) is 36.7 Å². The van der Waals surface area contributed by atoms with Gasteiger partial charge in [-0.1, -0.05) is 12.1 Å². The van der Waals surface area contributed by atoms with Crippen molar-refractivity contribution in [2.45, 2.75) is 19.3 Å². The number of methoxy groups -OCH3 is 1. The van der Waals surface area contributed by atoms with Crippen molar-refractivity contribution in [1.29, 1.82) is 0 Å². The van der Waals surface area contributed by atoms with E-state index in [2.05, 4.69) is 15.0 Å². The first-order chi connectivity index (χ1) is 10.7. The molecule has 5 heteroatoms. The number of aryl methyl sites for hydroxylation is 1. The maximum absolute atomic E-state index is 11.9. The zero-order chi connectivity index (χ0) is 15.8. The second kappa shape index (κ2) is 7.93. The van der Waals surface area contributed by atoms with E-state index < -0.39 is 5.97 Å². The van der Waals surface area contributed by atoms with Crippen LogP contribution in [0.2, 0.25) is 0 Å². The van der Waals surface area contributed by atoms with Gasteiger partial charge in [-0.2, -0.15) is 0 Å². The minimum absolute atomic E-state index is 0.0779. The molecule has 0 spiro atoms. The summed E-state index contributed by atoms with van der Waals surface area (Å²) in [6.45, 7) is 0. The van der Waals surface area contributed by atoms with Crippen molar-refractivity contribution < 1.29 is 14.3 Å². The molecule has 0 aliphatic carbocycles. The van der Waals surface area contributed by atoms with Crippen LogP contribution >= 0.6 is 0 Å². The summed E-state index contributed by atoms with van der Waals surface area (Å²) in [6, 6.07) is 10.6. The Morgan fingerprint density at radius 2 is 2.09 bits per heavy atom. The van der Waals surface area contributed by atoms with Gasteiger partial charge in [-0.25, -0.2) is 4.79 Å². The molecule has 1 N–H and O–H groups in total. The van der Waals surface area contributed by atoms with Crippen LogP contribution in [0.1, 0.15) is 28.8 Å². The van der Waals surface area contributed by atoms with E-state index >= 15 is 0 Å². The highest BCUT2D eigenvalue weighted by atomic mass is 16.5. The van der Waals surface area contributed by atoms with Crippen LogP contribution < -0.4 is 5.32 Å². The first-order valence-electron chi connectivity index (χ1n) is 7.06. The quantitative estimate of drug-likeness (QED) is 0.833. The van der Waals surface area contributed by atoms with Crippen LogP contribution in [-0.4, -0.2) is 24.0 Å². The lowest BCUT2D eigenvalue weighted by molar-refractivity contribution is -0.116. The van der Waals surface area contributed by atoms with E-state index in [1.807, 2.05) is 12.1 Å². The Balaban J connectivity index is 1.83. The lowest BCUT2D eigenvalue weighted by atomic mass is 10.1. The number of nitrogens with zero attached hydrogens (tertiary/aromatic N) is 1. The van der Waals surface area contributed by atoms with Gasteiger partial charge >= 0.3 is 5.97 Å². The second-order valence-corrected chi connectivity index (χ2v) is 4.84. The number of hydrogen-bond donors (Lipinski definition) is 1. The summed E-state index contributed by atoms with van der Waals surface area (Å²) < 4.78 is 4.65. The minimum atomic E-state index is -0.423. The molecule has 1 amide bonds. The molecule has 1 aromatic heterocycles. The third-order valence-electron chi connectivity index (χ3n) is 3.16. The molecule has 0 unspecified atom stereocenters. The van der Waals surface area contributed by atoms with E-state index in [9.17, 15) is 9.59 Å². The molecule has 0 atom stereocenters. The molecule has 0 saturated carbocycles. The molecular formula is C17H18N2O3. The number of pyridine rings is 1. The summed E-state index contributed by atoms with van der Waals surface area (Å²) in [5.41, 5.74) is 2.12.